The van der Waals surface area contributed by atoms with E-state index in [4.69, 9.17) is 0 Å². The third-order valence-electron chi connectivity index (χ3n) is 3.80. The van der Waals surface area contributed by atoms with Crippen molar-refractivity contribution < 1.29 is 44.8 Å². The van der Waals surface area contributed by atoms with Gasteiger partial charge < -0.3 is 24.8 Å². The van der Waals surface area contributed by atoms with E-state index < -0.39 is 0 Å². The second-order valence-electron chi connectivity index (χ2n) is 5.84. The van der Waals surface area contributed by atoms with Crippen molar-refractivity contribution in [2.75, 3.05) is 0 Å². The van der Waals surface area contributed by atoms with Gasteiger partial charge in [-0.2, -0.15) is 0 Å². The van der Waals surface area contributed by atoms with Crippen LogP contribution >= 0.6 is 0 Å². The average molecular weight is 390 g/mol. The summed E-state index contributed by atoms with van der Waals surface area (Å²) in [5.41, 5.74) is 1.41. The molecule has 0 unspecified atom stereocenters. The van der Waals surface area contributed by atoms with Gasteiger partial charge in [-0.3, -0.25) is 0 Å². The van der Waals surface area contributed by atoms with Crippen molar-refractivity contribution in [3.05, 3.63) is 78.4 Å². The molecule has 0 saturated carbocycles. The number of allylic oxidation sites excluding steroid dienone is 4. The van der Waals surface area contributed by atoms with Gasteiger partial charge in [0.05, 0.1) is 0 Å². The number of hydrogen-bond acceptors (Lipinski definition) is 0. The van der Waals surface area contributed by atoms with Crippen LogP contribution in [0.15, 0.2) is 72.8 Å². The first kappa shape index (κ1) is 21.0. The minimum atomic E-state index is 0. The van der Waals surface area contributed by atoms with Gasteiger partial charge in [0.2, 0.25) is 0 Å². The first-order chi connectivity index (χ1) is 10.7. The molecule has 0 fully saturated rings. The Morgan fingerprint density at radius 2 is 1.46 bits per heavy atom. The zero-order chi connectivity index (χ0) is 15.5. The summed E-state index contributed by atoms with van der Waals surface area (Å²) >= 11 is 2.08. The zero-order valence-electron chi connectivity index (χ0n) is 13.8. The second kappa shape index (κ2) is 9.44. The standard InChI is InChI=1S/C18H13.C3H6.2ClH.Ti/c1-2-7-13(6-1)15-10-5-11-17-16-9-4-3-8-14(16)12-18(15)17;1-3-2;;;/h1-13H;1-2H3;2*1H;/q-1;;;;+2/p-2. The molecule has 1 aliphatic carbocycles. The molecular formula is C21H19Cl2Ti-. The van der Waals surface area contributed by atoms with Crippen LogP contribution in [0.3, 0.4) is 0 Å². The van der Waals surface area contributed by atoms with Crippen molar-refractivity contribution in [1.82, 2.24) is 0 Å². The predicted molar refractivity (Wildman–Crippen MR) is 94.4 cm³/mol. The maximum absolute atomic E-state index is 2.32. The molecule has 0 saturated heterocycles. The van der Waals surface area contributed by atoms with Gasteiger partial charge in [0.25, 0.3) is 0 Å². The molecule has 3 aromatic rings. The van der Waals surface area contributed by atoms with Crippen LogP contribution in [0.25, 0.3) is 21.5 Å². The summed E-state index contributed by atoms with van der Waals surface area (Å²) in [7, 11) is 0. The van der Waals surface area contributed by atoms with E-state index in [1.165, 1.54) is 30.9 Å². The Labute approximate surface area is 167 Å². The fourth-order valence-electron chi connectivity index (χ4n) is 2.93. The van der Waals surface area contributed by atoms with Crippen LogP contribution < -0.4 is 24.8 Å². The fourth-order valence-corrected chi connectivity index (χ4v) is 2.93. The van der Waals surface area contributed by atoms with E-state index in [0.717, 1.165) is 0 Å². The third kappa shape index (κ3) is 4.52. The predicted octanol–water partition coefficient (Wildman–Crippen LogP) is -0.325. The Balaban J connectivity index is 0.000000438. The molecule has 0 N–H and O–H groups in total. The summed E-state index contributed by atoms with van der Waals surface area (Å²) in [6.45, 7) is 4.17. The van der Waals surface area contributed by atoms with E-state index in [1.54, 1.807) is 0 Å². The first-order valence-electron chi connectivity index (χ1n) is 7.60. The van der Waals surface area contributed by atoms with Gasteiger partial charge in [0.15, 0.2) is 0 Å². The molecule has 0 nitrogen and oxygen atoms in total. The molecule has 0 spiro atoms. The fraction of sp³-hybridized carbons (Fsp3) is 0.143. The van der Waals surface area contributed by atoms with E-state index >= 15 is 0 Å². The quantitative estimate of drug-likeness (QED) is 0.395. The van der Waals surface area contributed by atoms with Crippen molar-refractivity contribution in [2.24, 2.45) is 0 Å². The van der Waals surface area contributed by atoms with Gasteiger partial charge in [-0.25, -0.2) is 0 Å². The van der Waals surface area contributed by atoms with E-state index in [0.29, 0.717) is 5.92 Å². The number of hydrogen-bond donors (Lipinski definition) is 0. The molecule has 0 heterocycles. The summed E-state index contributed by atoms with van der Waals surface area (Å²) in [6.07, 6.45) is 8.77. The number of fused-ring (bicyclic) bond motifs is 3. The number of halogens is 2. The van der Waals surface area contributed by atoms with Gasteiger partial charge in [-0.15, -0.1) is 33.7 Å². The van der Waals surface area contributed by atoms with Crippen LogP contribution in [0, 0.1) is 0 Å². The van der Waals surface area contributed by atoms with Gasteiger partial charge in [0.1, 0.15) is 0 Å². The Morgan fingerprint density at radius 1 is 0.875 bits per heavy atom. The molecule has 3 heteroatoms. The van der Waals surface area contributed by atoms with Gasteiger partial charge in [0, 0.05) is 0 Å². The Hall–Kier alpha value is -1.05. The van der Waals surface area contributed by atoms with Crippen LogP contribution in [-0.4, -0.2) is 3.81 Å². The molecule has 0 bridgehead atoms. The molecule has 3 aromatic carbocycles. The smallest absolute Gasteiger partial charge is 1.00 e. The number of benzene rings is 2. The molecule has 0 radical (unpaired) electrons. The summed E-state index contributed by atoms with van der Waals surface area (Å²) in [4.78, 5) is 0. The monoisotopic (exact) mass is 389 g/mol. The largest absolute Gasteiger partial charge is 1.00 e. The molecule has 0 amide bonds. The van der Waals surface area contributed by atoms with Crippen LogP contribution in [-0.2, 0) is 20.0 Å². The van der Waals surface area contributed by atoms with Crippen molar-refractivity contribution >= 4 is 25.4 Å². The minimum absolute atomic E-state index is 0. The maximum Gasteiger partial charge on any atom is -1.00 e. The first-order valence-corrected chi connectivity index (χ1v) is 8.38. The van der Waals surface area contributed by atoms with Crippen molar-refractivity contribution in [3.8, 4) is 0 Å². The number of rotatable bonds is 1. The van der Waals surface area contributed by atoms with Crippen LogP contribution in [0.5, 0.6) is 0 Å². The van der Waals surface area contributed by atoms with Crippen molar-refractivity contribution in [2.45, 2.75) is 19.8 Å². The maximum atomic E-state index is 2.32. The Bertz CT molecular complexity index is 871. The zero-order valence-corrected chi connectivity index (χ0v) is 16.8. The summed E-state index contributed by atoms with van der Waals surface area (Å²) < 4.78 is 1.42. The van der Waals surface area contributed by atoms with Crippen molar-refractivity contribution in [3.63, 3.8) is 0 Å². The molecule has 122 valence electrons. The van der Waals surface area contributed by atoms with Gasteiger partial charge >= 0.3 is 37.6 Å². The molecule has 0 atom stereocenters. The van der Waals surface area contributed by atoms with E-state index in [2.05, 4.69) is 107 Å². The van der Waals surface area contributed by atoms with Gasteiger partial charge in [-0.05, 0) is 5.92 Å². The van der Waals surface area contributed by atoms with Crippen LogP contribution in [0.1, 0.15) is 25.3 Å². The SMILES string of the molecule is C1=CC(c2cccc3c2[cH-]c2ccccc23)C=C1.C[C](C)=[Ti+2].[Cl-].[Cl-]. The summed E-state index contributed by atoms with van der Waals surface area (Å²) in [5, 5.41) is 5.46. The Morgan fingerprint density at radius 3 is 2.12 bits per heavy atom. The van der Waals surface area contributed by atoms with E-state index in [9.17, 15) is 0 Å². The molecule has 1 aliphatic rings. The van der Waals surface area contributed by atoms with E-state index in [-0.39, 0.29) is 24.8 Å². The summed E-state index contributed by atoms with van der Waals surface area (Å²) in [5.74, 6) is 0.436. The second-order valence-corrected chi connectivity index (χ2v) is 7.40. The topological polar surface area (TPSA) is 0 Å². The Kier molecular flexibility index (Phi) is 8.26. The minimum Gasteiger partial charge on any atom is -1.00 e. The van der Waals surface area contributed by atoms with E-state index in [1.807, 2.05) is 0 Å². The average Bonchev–Trinajstić information content (AvgIpc) is 3.14. The van der Waals surface area contributed by atoms with Crippen LogP contribution in [0.4, 0.5) is 0 Å². The molecule has 24 heavy (non-hydrogen) atoms. The third-order valence-corrected chi connectivity index (χ3v) is 3.80. The molecule has 0 aliphatic heterocycles. The van der Waals surface area contributed by atoms with Crippen molar-refractivity contribution in [1.29, 1.82) is 0 Å². The normalized spacial score (nSPS) is 12.5. The molecule has 0 aromatic heterocycles. The van der Waals surface area contributed by atoms with Gasteiger partial charge in [-0.1, -0.05) is 66.3 Å². The molecular weight excluding hydrogens is 371 g/mol. The van der Waals surface area contributed by atoms with Crippen LogP contribution in [0.2, 0.25) is 0 Å². The summed E-state index contributed by atoms with van der Waals surface area (Å²) in [6, 6.07) is 17.6. The molecule has 4 rings (SSSR count).